The van der Waals surface area contributed by atoms with E-state index in [1.165, 1.54) is 24.3 Å². The molecule has 1 atom stereocenters. The monoisotopic (exact) mass is 343 g/mol. The van der Waals surface area contributed by atoms with Crippen LogP contribution >= 0.6 is 11.8 Å². The molecule has 1 fully saturated rings. The van der Waals surface area contributed by atoms with E-state index >= 15 is 0 Å². The predicted octanol–water partition coefficient (Wildman–Crippen LogP) is 2.84. The number of amidine groups is 1. The molecule has 2 aromatic rings. The molecule has 1 saturated heterocycles. The van der Waals surface area contributed by atoms with Crippen molar-refractivity contribution in [2.24, 2.45) is 10.7 Å². The Morgan fingerprint density at radius 2 is 1.79 bits per heavy atom. The third-order valence-electron chi connectivity index (χ3n) is 3.45. The number of anilines is 1. The van der Waals surface area contributed by atoms with Crippen LogP contribution in [0.3, 0.4) is 0 Å². The van der Waals surface area contributed by atoms with Gasteiger partial charge in [0, 0.05) is 6.42 Å². The highest BCUT2D eigenvalue weighted by Gasteiger charge is 2.40. The number of thioether (sulfide) groups is 1. The summed E-state index contributed by atoms with van der Waals surface area (Å²) >= 11 is 1.06. The Balaban J connectivity index is 1.74. The lowest BCUT2D eigenvalue weighted by Gasteiger charge is -2.14. The molecule has 2 amide bonds. The molecular weight excluding hydrogens is 329 g/mol. The van der Waals surface area contributed by atoms with Gasteiger partial charge < -0.3 is 5.73 Å². The summed E-state index contributed by atoms with van der Waals surface area (Å²) in [5.74, 6) is -1.14. The van der Waals surface area contributed by atoms with Gasteiger partial charge in [-0.15, -0.1) is 0 Å². The molecule has 2 aromatic carbocycles. The number of para-hydroxylation sites is 1. The minimum absolute atomic E-state index is 0.0336. The zero-order valence-corrected chi connectivity index (χ0v) is 13.4. The quantitative estimate of drug-likeness (QED) is 0.528. The molecular formula is C17H14FN3O2S. The van der Waals surface area contributed by atoms with E-state index in [9.17, 15) is 14.0 Å². The normalized spacial score (nSPS) is 18.3. The van der Waals surface area contributed by atoms with Crippen molar-refractivity contribution < 1.29 is 14.0 Å². The average molecular weight is 343 g/mol. The molecule has 2 N–H and O–H groups in total. The fraction of sp³-hybridized carbons (Fsp3) is 0.118. The van der Waals surface area contributed by atoms with Gasteiger partial charge in [0.2, 0.25) is 11.8 Å². The number of halogens is 1. The third kappa shape index (κ3) is 3.46. The minimum atomic E-state index is -0.630. The maximum absolute atomic E-state index is 13.0. The van der Waals surface area contributed by atoms with Crippen molar-refractivity contribution in [3.05, 3.63) is 60.4 Å². The summed E-state index contributed by atoms with van der Waals surface area (Å²) in [5.41, 5.74) is 6.91. The zero-order chi connectivity index (χ0) is 17.1. The fourth-order valence-corrected chi connectivity index (χ4v) is 3.24. The molecule has 0 radical (unpaired) electrons. The summed E-state index contributed by atoms with van der Waals surface area (Å²) in [6, 6.07) is 14.3. The maximum atomic E-state index is 13.0. The molecule has 1 heterocycles. The van der Waals surface area contributed by atoms with Crippen molar-refractivity contribution in [1.29, 1.82) is 0 Å². The largest absolute Gasteiger partial charge is 0.378 e. The number of nitrogens with zero attached hydrogens (tertiary/aromatic N) is 2. The minimum Gasteiger partial charge on any atom is -0.378 e. The van der Waals surface area contributed by atoms with Gasteiger partial charge in [0.15, 0.2) is 5.17 Å². The van der Waals surface area contributed by atoms with Crippen LogP contribution in [0, 0.1) is 5.82 Å². The number of hydrogen-bond donors (Lipinski definition) is 1. The maximum Gasteiger partial charge on any atom is 0.247 e. The Hall–Kier alpha value is -2.67. The number of carbonyl (C=O) groups is 2. The molecule has 122 valence electrons. The van der Waals surface area contributed by atoms with Crippen molar-refractivity contribution in [2.75, 3.05) is 4.90 Å². The first kappa shape index (κ1) is 16.2. The second-order valence-electron chi connectivity index (χ2n) is 5.14. The number of hydrogen-bond acceptors (Lipinski definition) is 4. The number of imide groups is 1. The van der Waals surface area contributed by atoms with E-state index in [4.69, 9.17) is 5.73 Å². The Kier molecular flexibility index (Phi) is 4.61. The van der Waals surface area contributed by atoms with Gasteiger partial charge >= 0.3 is 0 Å². The Bertz CT molecular complexity index is 793. The molecule has 3 rings (SSSR count). The topological polar surface area (TPSA) is 75.8 Å². The van der Waals surface area contributed by atoms with Crippen molar-refractivity contribution in [3.63, 3.8) is 0 Å². The molecule has 0 saturated carbocycles. The summed E-state index contributed by atoms with van der Waals surface area (Å²) in [7, 11) is 0. The molecule has 0 aromatic heterocycles. The van der Waals surface area contributed by atoms with E-state index in [0.717, 1.165) is 16.7 Å². The summed E-state index contributed by atoms with van der Waals surface area (Å²) < 4.78 is 13.0. The number of benzene rings is 2. The summed E-state index contributed by atoms with van der Waals surface area (Å²) in [5, 5.41) is -0.414. The molecule has 24 heavy (non-hydrogen) atoms. The molecule has 5 nitrogen and oxygen atoms in total. The standard InChI is InChI=1S/C17H14FN3O2S/c18-11-6-8-13(9-7-11)21-15(22)10-14(16(21)23)24-17(19)20-12-4-2-1-3-5-12/h1-9,14H,10H2,(H2,19,20). The second-order valence-corrected chi connectivity index (χ2v) is 6.36. The van der Waals surface area contributed by atoms with Gasteiger partial charge in [0.25, 0.3) is 0 Å². The zero-order valence-electron chi connectivity index (χ0n) is 12.6. The van der Waals surface area contributed by atoms with Gasteiger partial charge in [0.1, 0.15) is 11.1 Å². The first-order valence-corrected chi connectivity index (χ1v) is 8.11. The van der Waals surface area contributed by atoms with Crippen LogP contribution in [0.1, 0.15) is 6.42 Å². The Labute approximate surface area is 142 Å². The van der Waals surface area contributed by atoms with E-state index in [1.807, 2.05) is 18.2 Å². The van der Waals surface area contributed by atoms with Crippen molar-refractivity contribution in [1.82, 2.24) is 0 Å². The van der Waals surface area contributed by atoms with E-state index in [0.29, 0.717) is 11.4 Å². The highest BCUT2D eigenvalue weighted by molar-refractivity contribution is 8.15. The number of carbonyl (C=O) groups excluding carboxylic acids is 2. The van der Waals surface area contributed by atoms with Crippen LogP contribution in [0.25, 0.3) is 0 Å². The van der Waals surface area contributed by atoms with E-state index in [-0.39, 0.29) is 23.4 Å². The molecule has 0 bridgehead atoms. The van der Waals surface area contributed by atoms with Crippen LogP contribution in [-0.2, 0) is 9.59 Å². The fourth-order valence-electron chi connectivity index (χ4n) is 2.36. The molecule has 0 spiro atoms. The Morgan fingerprint density at radius 1 is 1.12 bits per heavy atom. The number of rotatable bonds is 3. The lowest BCUT2D eigenvalue weighted by atomic mass is 10.3. The first-order valence-electron chi connectivity index (χ1n) is 7.23. The van der Waals surface area contributed by atoms with Crippen molar-refractivity contribution in [3.8, 4) is 0 Å². The molecule has 1 aliphatic rings. The van der Waals surface area contributed by atoms with Gasteiger partial charge in [-0.3, -0.25) is 9.59 Å². The molecule has 0 aliphatic carbocycles. The third-order valence-corrected chi connectivity index (χ3v) is 4.43. The first-order chi connectivity index (χ1) is 11.5. The number of amides is 2. The van der Waals surface area contributed by atoms with Gasteiger partial charge in [0.05, 0.1) is 11.4 Å². The highest BCUT2D eigenvalue weighted by Crippen LogP contribution is 2.30. The van der Waals surface area contributed by atoms with Crippen LogP contribution in [0.4, 0.5) is 15.8 Å². The van der Waals surface area contributed by atoms with Crippen LogP contribution in [0.5, 0.6) is 0 Å². The number of nitrogens with two attached hydrogens (primary N) is 1. The van der Waals surface area contributed by atoms with E-state index < -0.39 is 11.1 Å². The predicted molar refractivity (Wildman–Crippen MR) is 92.6 cm³/mol. The second kappa shape index (κ2) is 6.84. The molecule has 1 unspecified atom stereocenters. The summed E-state index contributed by atoms with van der Waals surface area (Å²) in [6.45, 7) is 0. The SMILES string of the molecule is NC(=Nc1ccccc1)SC1CC(=O)N(c2ccc(F)cc2)C1=O. The number of aliphatic imine (C=N–C) groups is 1. The lowest BCUT2D eigenvalue weighted by Crippen LogP contribution is -2.31. The summed E-state index contributed by atoms with van der Waals surface area (Å²) in [4.78, 5) is 29.9. The molecule has 7 heteroatoms. The van der Waals surface area contributed by atoms with Gasteiger partial charge in [-0.1, -0.05) is 30.0 Å². The van der Waals surface area contributed by atoms with Crippen LogP contribution < -0.4 is 10.6 Å². The van der Waals surface area contributed by atoms with Gasteiger partial charge in [-0.05, 0) is 36.4 Å². The molecule has 1 aliphatic heterocycles. The van der Waals surface area contributed by atoms with E-state index in [1.54, 1.807) is 12.1 Å². The van der Waals surface area contributed by atoms with Crippen molar-refractivity contribution in [2.45, 2.75) is 11.7 Å². The lowest BCUT2D eigenvalue weighted by molar-refractivity contribution is -0.121. The van der Waals surface area contributed by atoms with Crippen LogP contribution in [-0.4, -0.2) is 22.2 Å². The van der Waals surface area contributed by atoms with E-state index in [2.05, 4.69) is 4.99 Å². The Morgan fingerprint density at radius 3 is 2.46 bits per heavy atom. The van der Waals surface area contributed by atoms with Gasteiger partial charge in [-0.25, -0.2) is 14.3 Å². The van der Waals surface area contributed by atoms with Crippen molar-refractivity contribution >= 4 is 40.1 Å². The highest BCUT2D eigenvalue weighted by atomic mass is 32.2. The van der Waals surface area contributed by atoms with Crippen LogP contribution in [0.2, 0.25) is 0 Å². The average Bonchev–Trinajstić information content (AvgIpc) is 2.83. The van der Waals surface area contributed by atoms with Crippen LogP contribution in [0.15, 0.2) is 59.6 Å². The van der Waals surface area contributed by atoms with Gasteiger partial charge in [-0.2, -0.15) is 0 Å². The smallest absolute Gasteiger partial charge is 0.247 e. The summed E-state index contributed by atoms with van der Waals surface area (Å²) in [6.07, 6.45) is 0.0336.